The molecular weight excluding hydrogens is 444 g/mol. The van der Waals surface area contributed by atoms with Crippen LogP contribution in [0.1, 0.15) is 38.7 Å². The van der Waals surface area contributed by atoms with Crippen LogP contribution >= 0.6 is 0 Å². The van der Waals surface area contributed by atoms with Crippen molar-refractivity contribution in [3.8, 4) is 22.8 Å². The first-order chi connectivity index (χ1) is 17.6. The third-order valence-electron chi connectivity index (χ3n) is 8.58. The van der Waals surface area contributed by atoms with Crippen molar-refractivity contribution in [3.63, 3.8) is 0 Å². The zero-order valence-corrected chi connectivity index (χ0v) is 21.5. The van der Waals surface area contributed by atoms with Gasteiger partial charge in [-0.15, -0.1) is 0 Å². The fraction of sp³-hybridized carbons (Fsp3) is 0.281. The molecule has 1 saturated carbocycles. The number of hydrogen-bond donors (Lipinski definition) is 0. The molecule has 0 bridgehead atoms. The Morgan fingerprint density at radius 1 is 0.750 bits per heavy atom. The second-order valence-corrected chi connectivity index (χ2v) is 9.91. The van der Waals surface area contributed by atoms with E-state index < -0.39 is 0 Å². The van der Waals surface area contributed by atoms with E-state index in [9.17, 15) is 0 Å². The quantitative estimate of drug-likeness (QED) is 0.261. The summed E-state index contributed by atoms with van der Waals surface area (Å²) in [5, 5.41) is 0. The van der Waals surface area contributed by atoms with Gasteiger partial charge in [0.15, 0.2) is 11.7 Å². The number of benzene rings is 3. The van der Waals surface area contributed by atoms with Crippen LogP contribution in [0.3, 0.4) is 0 Å². The summed E-state index contributed by atoms with van der Waals surface area (Å²) < 4.78 is 13.4. The van der Waals surface area contributed by atoms with Crippen molar-refractivity contribution < 1.29 is 14.0 Å². The molecule has 2 heterocycles. The highest BCUT2D eigenvalue weighted by molar-refractivity contribution is 5.81. The van der Waals surface area contributed by atoms with Crippen molar-refractivity contribution in [1.29, 1.82) is 0 Å². The van der Waals surface area contributed by atoms with Gasteiger partial charge in [-0.1, -0.05) is 19.9 Å². The second kappa shape index (κ2) is 8.41. The van der Waals surface area contributed by atoms with Crippen molar-refractivity contribution in [2.75, 3.05) is 19.1 Å². The lowest BCUT2D eigenvalue weighted by atomic mass is 9.79. The van der Waals surface area contributed by atoms with Gasteiger partial charge in [0.2, 0.25) is 5.69 Å². The molecule has 4 aromatic rings. The molecule has 2 atom stereocenters. The maximum atomic E-state index is 5.43. The lowest BCUT2D eigenvalue weighted by molar-refractivity contribution is -0.735. The highest BCUT2D eigenvalue weighted by atomic mass is 16.5. The third-order valence-corrected chi connectivity index (χ3v) is 8.58. The highest BCUT2D eigenvalue weighted by Crippen LogP contribution is 2.67. The molecule has 4 heteroatoms. The summed E-state index contributed by atoms with van der Waals surface area (Å²) in [6.07, 6.45) is 5.79. The van der Waals surface area contributed by atoms with Gasteiger partial charge in [-0.2, -0.15) is 4.57 Å². The molecule has 0 radical (unpaired) electrons. The van der Waals surface area contributed by atoms with Crippen LogP contribution < -0.4 is 18.9 Å². The molecule has 1 fully saturated rings. The van der Waals surface area contributed by atoms with Crippen LogP contribution in [0.4, 0.5) is 17.1 Å². The van der Waals surface area contributed by atoms with Crippen molar-refractivity contribution in [2.24, 2.45) is 0 Å². The van der Waals surface area contributed by atoms with Crippen LogP contribution in [0.25, 0.3) is 11.3 Å². The predicted molar refractivity (Wildman–Crippen MR) is 145 cm³/mol. The fourth-order valence-electron chi connectivity index (χ4n) is 6.64. The van der Waals surface area contributed by atoms with E-state index in [1.807, 2.05) is 24.3 Å². The Kier molecular flexibility index (Phi) is 5.29. The maximum Gasteiger partial charge on any atom is 0.213 e. The monoisotopic (exact) mass is 477 g/mol. The lowest BCUT2D eigenvalue weighted by Crippen LogP contribution is -2.54. The minimum Gasteiger partial charge on any atom is -0.497 e. The van der Waals surface area contributed by atoms with Crippen molar-refractivity contribution in [2.45, 2.75) is 44.1 Å². The van der Waals surface area contributed by atoms with Gasteiger partial charge >= 0.3 is 0 Å². The van der Waals surface area contributed by atoms with E-state index in [4.69, 9.17) is 9.47 Å². The molecule has 36 heavy (non-hydrogen) atoms. The molecule has 3 aromatic carbocycles. The van der Waals surface area contributed by atoms with E-state index in [0.717, 1.165) is 41.4 Å². The van der Waals surface area contributed by atoms with Crippen molar-refractivity contribution >= 4 is 17.1 Å². The third kappa shape index (κ3) is 3.10. The Morgan fingerprint density at radius 3 is 1.92 bits per heavy atom. The van der Waals surface area contributed by atoms with Gasteiger partial charge in [-0.05, 0) is 78.7 Å². The molecule has 2 unspecified atom stereocenters. The van der Waals surface area contributed by atoms with Crippen molar-refractivity contribution in [1.82, 2.24) is 0 Å². The summed E-state index contributed by atoms with van der Waals surface area (Å²) >= 11 is 0. The largest absolute Gasteiger partial charge is 0.497 e. The highest BCUT2D eigenvalue weighted by Gasteiger charge is 2.76. The average Bonchev–Trinajstić information content (AvgIpc) is 3.65. The Labute approximate surface area is 213 Å². The standard InChI is InChI=1S/C32H33N2O2/c1-5-31-22-32(31,6-2)33-20-8-7-9-30(33)28-21-25(14-19-29(28)31)34(23-10-15-26(35-3)16-11-23)24-12-17-27(36-4)18-13-24/h7-21H,5-6,22H2,1-4H3/q+1. The number of pyridine rings is 1. The molecule has 182 valence electrons. The molecule has 0 N–H and O–H groups in total. The summed E-state index contributed by atoms with van der Waals surface area (Å²) in [6.45, 7) is 4.69. The first kappa shape index (κ1) is 22.7. The van der Waals surface area contributed by atoms with Gasteiger partial charge in [-0.3, -0.25) is 0 Å². The van der Waals surface area contributed by atoms with Crippen LogP contribution in [0, 0.1) is 0 Å². The number of hydrogen-bond acceptors (Lipinski definition) is 3. The lowest BCUT2D eigenvalue weighted by Gasteiger charge is -2.31. The van der Waals surface area contributed by atoms with Crippen LogP contribution in [-0.4, -0.2) is 14.2 Å². The van der Waals surface area contributed by atoms with E-state index in [0.29, 0.717) is 0 Å². The maximum absolute atomic E-state index is 5.43. The van der Waals surface area contributed by atoms with Crippen LogP contribution in [0.5, 0.6) is 11.5 Å². The minimum atomic E-state index is 0.193. The van der Waals surface area contributed by atoms with Gasteiger partial charge in [0.1, 0.15) is 11.5 Å². The number of nitrogens with zero attached hydrogens (tertiary/aromatic N) is 2. The summed E-state index contributed by atoms with van der Waals surface area (Å²) in [6, 6.07) is 30.2. The van der Waals surface area contributed by atoms with Gasteiger partial charge in [-0.25, -0.2) is 0 Å². The van der Waals surface area contributed by atoms with Gasteiger partial charge < -0.3 is 14.4 Å². The molecule has 0 saturated heterocycles. The molecule has 4 nitrogen and oxygen atoms in total. The minimum absolute atomic E-state index is 0.193. The predicted octanol–water partition coefficient (Wildman–Crippen LogP) is 7.30. The molecule has 0 spiro atoms. The molecular formula is C32H33N2O2+. The van der Waals surface area contributed by atoms with Crippen LogP contribution in [-0.2, 0) is 11.0 Å². The SMILES string of the molecule is CCC12CC1(CC)[n+]1ccccc1-c1cc(N(c3ccc(OC)cc3)c3ccc(OC)cc3)ccc12. The summed E-state index contributed by atoms with van der Waals surface area (Å²) in [7, 11) is 3.40. The number of anilines is 3. The Morgan fingerprint density at radius 2 is 1.36 bits per heavy atom. The molecule has 0 amide bonds. The number of methoxy groups -OCH3 is 2. The van der Waals surface area contributed by atoms with Crippen LogP contribution in [0.2, 0.25) is 0 Å². The second-order valence-electron chi connectivity index (χ2n) is 9.91. The summed E-state index contributed by atoms with van der Waals surface area (Å²) in [5.74, 6) is 1.69. The Hall–Kier alpha value is -3.79. The van der Waals surface area contributed by atoms with E-state index >= 15 is 0 Å². The first-order valence-corrected chi connectivity index (χ1v) is 12.8. The fourth-order valence-corrected chi connectivity index (χ4v) is 6.64. The number of fused-ring (bicyclic) bond motifs is 6. The van der Waals surface area contributed by atoms with E-state index in [1.165, 1.54) is 23.2 Å². The number of ether oxygens (including phenoxy) is 2. The molecule has 1 aliphatic carbocycles. The first-order valence-electron chi connectivity index (χ1n) is 12.8. The summed E-state index contributed by atoms with van der Waals surface area (Å²) in [4.78, 5) is 2.31. The van der Waals surface area contributed by atoms with E-state index in [1.54, 1.807) is 14.2 Å². The number of aromatic nitrogens is 1. The normalized spacial score (nSPS) is 21.1. The smallest absolute Gasteiger partial charge is 0.213 e. The molecule has 6 rings (SSSR count). The van der Waals surface area contributed by atoms with Gasteiger partial charge in [0, 0.05) is 42.0 Å². The molecule has 1 aliphatic heterocycles. The summed E-state index contributed by atoms with van der Waals surface area (Å²) in [5.41, 5.74) is 7.83. The average molecular weight is 478 g/mol. The molecule has 1 aromatic heterocycles. The Balaban J connectivity index is 1.54. The van der Waals surface area contributed by atoms with Gasteiger partial charge in [0.25, 0.3) is 0 Å². The van der Waals surface area contributed by atoms with Gasteiger partial charge in [0.05, 0.1) is 25.2 Å². The molecule has 2 aliphatic rings. The van der Waals surface area contributed by atoms with E-state index in [-0.39, 0.29) is 11.0 Å². The zero-order valence-electron chi connectivity index (χ0n) is 21.5. The van der Waals surface area contributed by atoms with Crippen LogP contribution in [0.15, 0.2) is 91.1 Å². The Bertz CT molecular complexity index is 1370. The topological polar surface area (TPSA) is 25.6 Å². The number of rotatable bonds is 7. The zero-order chi connectivity index (χ0) is 24.9. The van der Waals surface area contributed by atoms with E-state index in [2.05, 4.69) is 90.2 Å². The van der Waals surface area contributed by atoms with Crippen molar-refractivity contribution in [3.05, 3.63) is 96.7 Å².